The van der Waals surface area contributed by atoms with Crippen molar-refractivity contribution in [3.8, 4) is 22.6 Å². The second kappa shape index (κ2) is 10.8. The average molecular weight is 386 g/mol. The van der Waals surface area contributed by atoms with Crippen LogP contribution in [0.5, 0.6) is 11.5 Å². The minimum absolute atomic E-state index is 0.0263. The Labute approximate surface area is 169 Å². The zero-order valence-corrected chi connectivity index (χ0v) is 18.3. The van der Waals surface area contributed by atoms with Crippen LogP contribution in [0.2, 0.25) is 0 Å². The molecule has 0 spiro atoms. The second-order valence-corrected chi connectivity index (χ2v) is 6.74. The summed E-state index contributed by atoms with van der Waals surface area (Å²) in [5.41, 5.74) is 4.11. The van der Waals surface area contributed by atoms with Crippen molar-refractivity contribution in [2.45, 2.75) is 48.1 Å². The van der Waals surface area contributed by atoms with Gasteiger partial charge < -0.3 is 20.3 Å². The maximum atomic E-state index is 10.3. The van der Waals surface area contributed by atoms with Crippen molar-refractivity contribution in [3.63, 3.8) is 0 Å². The molecule has 0 aromatic heterocycles. The summed E-state index contributed by atoms with van der Waals surface area (Å²) in [7, 11) is 1.57. The van der Waals surface area contributed by atoms with Crippen molar-refractivity contribution in [1.82, 2.24) is 0 Å². The number of ether oxygens (including phenoxy) is 1. The van der Waals surface area contributed by atoms with E-state index < -0.39 is 0 Å². The molecule has 4 nitrogen and oxygen atoms in total. The van der Waals surface area contributed by atoms with E-state index in [0.29, 0.717) is 11.3 Å². The third-order valence-corrected chi connectivity index (χ3v) is 4.44. The topological polar surface area (TPSA) is 61.7 Å². The molecule has 0 fully saturated rings. The van der Waals surface area contributed by atoms with Gasteiger partial charge in [0.1, 0.15) is 11.5 Å². The van der Waals surface area contributed by atoms with Crippen LogP contribution in [0.4, 0.5) is 5.69 Å². The van der Waals surface area contributed by atoms with E-state index in [0.717, 1.165) is 28.9 Å². The third kappa shape index (κ3) is 5.08. The monoisotopic (exact) mass is 385 g/mol. The van der Waals surface area contributed by atoms with Gasteiger partial charge in [0.2, 0.25) is 0 Å². The largest absolute Gasteiger partial charge is 0.507 e. The van der Waals surface area contributed by atoms with Crippen LogP contribution in [0.25, 0.3) is 17.2 Å². The number of anilines is 1. The summed E-state index contributed by atoms with van der Waals surface area (Å²) in [5, 5.41) is 23.8. The lowest BCUT2D eigenvalue weighted by Crippen LogP contribution is -2.19. The highest BCUT2D eigenvalue weighted by atomic mass is 16.5. The second-order valence-electron chi connectivity index (χ2n) is 6.74. The molecule has 3 rings (SSSR count). The zero-order chi connectivity index (χ0) is 21.3. The minimum Gasteiger partial charge on any atom is -0.507 e. The van der Waals surface area contributed by atoms with Crippen LogP contribution in [0.15, 0.2) is 36.4 Å². The van der Waals surface area contributed by atoms with Crippen molar-refractivity contribution in [2.75, 3.05) is 19.0 Å². The number of aromatic hydroxyl groups is 1. The molecule has 2 aromatic carbocycles. The molecule has 1 heterocycles. The number of hydrogen-bond donors (Lipinski definition) is 3. The summed E-state index contributed by atoms with van der Waals surface area (Å²) in [4.78, 5) is 0. The fraction of sp³-hybridized carbons (Fsp3) is 0.417. The number of fused-ring (bicyclic) bond motifs is 1. The molecule has 2 aromatic rings. The van der Waals surface area contributed by atoms with Crippen LogP contribution in [-0.2, 0) is 6.61 Å². The molecule has 0 bridgehead atoms. The molecule has 0 saturated heterocycles. The fourth-order valence-corrected chi connectivity index (χ4v) is 3.07. The number of methoxy groups -OCH3 is 1. The van der Waals surface area contributed by atoms with Gasteiger partial charge in [-0.2, -0.15) is 0 Å². The van der Waals surface area contributed by atoms with Crippen molar-refractivity contribution in [2.24, 2.45) is 5.41 Å². The molecule has 28 heavy (non-hydrogen) atoms. The molecule has 1 aliphatic heterocycles. The molecule has 0 radical (unpaired) electrons. The Kier molecular flexibility index (Phi) is 9.07. The van der Waals surface area contributed by atoms with E-state index in [2.05, 4.69) is 31.3 Å². The number of nitrogens with one attached hydrogen (secondary N) is 1. The maximum Gasteiger partial charge on any atom is 0.130 e. The molecule has 0 saturated carbocycles. The smallest absolute Gasteiger partial charge is 0.130 e. The molecule has 3 N–H and O–H groups in total. The summed E-state index contributed by atoms with van der Waals surface area (Å²) in [6.07, 6.45) is 4.20. The lowest BCUT2D eigenvalue weighted by atomic mass is 9.91. The zero-order valence-electron chi connectivity index (χ0n) is 18.3. The Morgan fingerprint density at radius 3 is 2.36 bits per heavy atom. The highest BCUT2D eigenvalue weighted by Crippen LogP contribution is 2.42. The fourth-order valence-electron chi connectivity index (χ4n) is 3.07. The number of rotatable bonds is 3. The summed E-state index contributed by atoms with van der Waals surface area (Å²) < 4.78 is 5.41. The maximum absolute atomic E-state index is 10.3. The van der Waals surface area contributed by atoms with Gasteiger partial charge in [-0.1, -0.05) is 65.8 Å². The van der Waals surface area contributed by atoms with Crippen LogP contribution in [-0.4, -0.2) is 23.9 Å². The molecule has 0 amide bonds. The number of aliphatic hydroxyl groups excluding tert-OH is 1. The quantitative estimate of drug-likeness (QED) is 0.599. The first kappa shape index (κ1) is 23.6. The van der Waals surface area contributed by atoms with E-state index in [1.54, 1.807) is 25.3 Å². The van der Waals surface area contributed by atoms with Gasteiger partial charge in [0.05, 0.1) is 19.3 Å². The van der Waals surface area contributed by atoms with Crippen LogP contribution in [0.3, 0.4) is 0 Å². The van der Waals surface area contributed by atoms with Gasteiger partial charge in [-0.15, -0.1) is 0 Å². The molecule has 0 atom stereocenters. The van der Waals surface area contributed by atoms with E-state index >= 15 is 0 Å². The molecule has 4 heteroatoms. The minimum atomic E-state index is -0.123. The van der Waals surface area contributed by atoms with Gasteiger partial charge >= 0.3 is 0 Å². The van der Waals surface area contributed by atoms with Crippen LogP contribution >= 0.6 is 0 Å². The van der Waals surface area contributed by atoms with Gasteiger partial charge in [0.15, 0.2) is 0 Å². The Balaban J connectivity index is 0.000000921. The lowest BCUT2D eigenvalue weighted by molar-refractivity contribution is 0.282. The normalized spacial score (nSPS) is 13.6. The molecule has 0 aliphatic carbocycles. The van der Waals surface area contributed by atoms with Gasteiger partial charge in [-0.25, -0.2) is 0 Å². The molecule has 154 valence electrons. The SMILES string of the molecule is CC.CC.COc1cccc(O)c1-c1ccc2c(c1CO)C=CC(C)(C)CN2. The summed E-state index contributed by atoms with van der Waals surface area (Å²) in [6, 6.07) is 9.08. The van der Waals surface area contributed by atoms with E-state index in [1.165, 1.54) is 0 Å². The van der Waals surface area contributed by atoms with E-state index in [1.807, 2.05) is 39.8 Å². The predicted octanol–water partition coefficient (Wildman–Crippen LogP) is 6.08. The Bertz CT molecular complexity index is 795. The highest BCUT2D eigenvalue weighted by Gasteiger charge is 2.22. The summed E-state index contributed by atoms with van der Waals surface area (Å²) >= 11 is 0. The standard InChI is InChI=1S/C20H23NO3.2C2H6/c1-20(2)10-9-13-15(11-22)14(7-8-16(13)21-12-20)19-17(23)5-4-6-18(19)24-3;2*1-2/h4-10,21-23H,11-12H2,1-3H3;2*1-2H3. The lowest BCUT2D eigenvalue weighted by Gasteiger charge is -2.20. The number of hydrogen-bond acceptors (Lipinski definition) is 4. The number of phenols is 1. The first-order valence-corrected chi connectivity index (χ1v) is 10.0. The number of aliphatic hydroxyl groups is 1. The first-order valence-electron chi connectivity index (χ1n) is 10.0. The van der Waals surface area contributed by atoms with Crippen LogP contribution in [0, 0.1) is 5.41 Å². The van der Waals surface area contributed by atoms with Crippen molar-refractivity contribution < 1.29 is 14.9 Å². The van der Waals surface area contributed by atoms with E-state index in [-0.39, 0.29) is 17.8 Å². The Morgan fingerprint density at radius 1 is 1.07 bits per heavy atom. The molecular formula is C24H35NO3. The Hall–Kier alpha value is -2.46. The van der Waals surface area contributed by atoms with Crippen LogP contribution < -0.4 is 10.1 Å². The van der Waals surface area contributed by atoms with E-state index in [9.17, 15) is 10.2 Å². The van der Waals surface area contributed by atoms with Gasteiger partial charge in [-0.05, 0) is 29.3 Å². The summed E-state index contributed by atoms with van der Waals surface area (Å²) in [5.74, 6) is 0.713. The van der Waals surface area contributed by atoms with E-state index in [4.69, 9.17) is 4.74 Å². The van der Waals surface area contributed by atoms with Crippen molar-refractivity contribution in [3.05, 3.63) is 47.5 Å². The highest BCUT2D eigenvalue weighted by molar-refractivity contribution is 5.85. The Morgan fingerprint density at radius 2 is 1.75 bits per heavy atom. The molecule has 1 aliphatic rings. The summed E-state index contributed by atoms with van der Waals surface area (Å²) in [6.45, 7) is 13.0. The predicted molar refractivity (Wildman–Crippen MR) is 120 cm³/mol. The molecular weight excluding hydrogens is 350 g/mol. The van der Waals surface area contributed by atoms with Crippen molar-refractivity contribution >= 4 is 11.8 Å². The number of benzene rings is 2. The van der Waals surface area contributed by atoms with Gasteiger partial charge in [0.25, 0.3) is 0 Å². The average Bonchev–Trinajstić information content (AvgIpc) is 2.88. The third-order valence-electron chi connectivity index (χ3n) is 4.44. The molecule has 0 unspecified atom stereocenters. The van der Waals surface area contributed by atoms with Gasteiger partial charge in [-0.3, -0.25) is 0 Å². The van der Waals surface area contributed by atoms with Gasteiger partial charge in [0, 0.05) is 23.2 Å². The van der Waals surface area contributed by atoms with Crippen LogP contribution in [0.1, 0.15) is 52.7 Å². The number of phenolic OH excluding ortho intramolecular Hbond substituents is 1. The first-order chi connectivity index (χ1) is 13.5. The van der Waals surface area contributed by atoms with Crippen molar-refractivity contribution in [1.29, 1.82) is 0 Å².